The van der Waals surface area contributed by atoms with Gasteiger partial charge in [0.25, 0.3) is 0 Å². The SMILES string of the molecule is CC1(C)OB(c2cc(OCC3CC3)cc3ccccc23)OC1(C)C. The molecule has 1 aliphatic heterocycles. The Balaban J connectivity index is 1.72. The maximum atomic E-state index is 6.27. The predicted octanol–water partition coefficient (Wildman–Crippen LogP) is 3.93. The quantitative estimate of drug-likeness (QED) is 0.798. The summed E-state index contributed by atoms with van der Waals surface area (Å²) < 4.78 is 18.6. The Labute approximate surface area is 144 Å². The summed E-state index contributed by atoms with van der Waals surface area (Å²) in [5, 5.41) is 2.32. The second kappa shape index (κ2) is 5.50. The smallest absolute Gasteiger partial charge is 0.493 e. The van der Waals surface area contributed by atoms with Crippen molar-refractivity contribution in [3.05, 3.63) is 36.4 Å². The summed E-state index contributed by atoms with van der Waals surface area (Å²) >= 11 is 0. The molecule has 4 rings (SSSR count). The normalized spacial score (nSPS) is 22.1. The molecule has 4 heteroatoms. The molecule has 2 fully saturated rings. The van der Waals surface area contributed by atoms with Crippen molar-refractivity contribution >= 4 is 23.4 Å². The van der Waals surface area contributed by atoms with Gasteiger partial charge in [0.1, 0.15) is 5.75 Å². The van der Waals surface area contributed by atoms with Crippen molar-refractivity contribution in [2.24, 2.45) is 5.92 Å². The maximum Gasteiger partial charge on any atom is 0.495 e. The fraction of sp³-hybridized carbons (Fsp3) is 0.500. The monoisotopic (exact) mass is 324 g/mol. The standard InChI is InChI=1S/C20H25BO3/c1-19(2)20(3,4)24-21(23-19)18-12-16(22-13-14-9-10-14)11-15-7-5-6-8-17(15)18/h5-8,11-12,14H,9-10,13H2,1-4H3. The second-order valence-corrected chi connectivity index (χ2v) is 8.08. The topological polar surface area (TPSA) is 27.7 Å². The molecule has 1 saturated carbocycles. The molecule has 2 aliphatic rings. The van der Waals surface area contributed by atoms with E-state index in [0.717, 1.165) is 34.5 Å². The van der Waals surface area contributed by atoms with Crippen molar-refractivity contribution in [1.29, 1.82) is 0 Å². The average molecular weight is 324 g/mol. The summed E-state index contributed by atoms with van der Waals surface area (Å²) in [6.45, 7) is 9.15. The zero-order valence-corrected chi connectivity index (χ0v) is 15.0. The van der Waals surface area contributed by atoms with E-state index in [1.807, 2.05) is 0 Å². The molecule has 3 nitrogen and oxygen atoms in total. The third-order valence-corrected chi connectivity index (χ3v) is 5.56. The van der Waals surface area contributed by atoms with Crippen molar-refractivity contribution in [2.75, 3.05) is 6.61 Å². The van der Waals surface area contributed by atoms with E-state index < -0.39 is 0 Å². The molecule has 0 amide bonds. The van der Waals surface area contributed by atoms with Crippen LogP contribution < -0.4 is 10.2 Å². The number of fused-ring (bicyclic) bond motifs is 1. The number of rotatable bonds is 4. The van der Waals surface area contributed by atoms with Crippen LogP contribution in [0.3, 0.4) is 0 Å². The number of hydrogen-bond donors (Lipinski definition) is 0. The summed E-state index contributed by atoms with van der Waals surface area (Å²) in [7, 11) is -0.371. The van der Waals surface area contributed by atoms with Gasteiger partial charge in [-0.05, 0) is 74.8 Å². The van der Waals surface area contributed by atoms with Gasteiger partial charge in [-0.25, -0.2) is 0 Å². The highest BCUT2D eigenvalue weighted by Crippen LogP contribution is 2.37. The van der Waals surface area contributed by atoms with Crippen LogP contribution in [-0.2, 0) is 9.31 Å². The molecule has 126 valence electrons. The van der Waals surface area contributed by atoms with E-state index in [2.05, 4.69) is 64.1 Å². The van der Waals surface area contributed by atoms with Gasteiger partial charge in [0.05, 0.1) is 17.8 Å². The van der Waals surface area contributed by atoms with E-state index in [9.17, 15) is 0 Å². The molecule has 1 aliphatic carbocycles. The van der Waals surface area contributed by atoms with Crippen LogP contribution in [0.25, 0.3) is 10.8 Å². The first-order chi connectivity index (χ1) is 11.4. The summed E-state index contributed by atoms with van der Waals surface area (Å²) in [6, 6.07) is 12.6. The second-order valence-electron chi connectivity index (χ2n) is 8.08. The minimum Gasteiger partial charge on any atom is -0.493 e. The molecule has 2 aromatic rings. The Bertz CT molecular complexity index is 749. The zero-order valence-electron chi connectivity index (χ0n) is 15.0. The Morgan fingerprint density at radius 2 is 1.71 bits per heavy atom. The highest BCUT2D eigenvalue weighted by molar-refractivity contribution is 6.65. The third kappa shape index (κ3) is 2.82. The molecule has 2 aromatic carbocycles. The lowest BCUT2D eigenvalue weighted by molar-refractivity contribution is 0.00578. The molecular weight excluding hydrogens is 299 g/mol. The van der Waals surface area contributed by atoms with Gasteiger partial charge in [0.15, 0.2) is 0 Å². The van der Waals surface area contributed by atoms with E-state index in [4.69, 9.17) is 14.0 Å². The van der Waals surface area contributed by atoms with Crippen LogP contribution in [0.4, 0.5) is 0 Å². The molecule has 0 atom stereocenters. The van der Waals surface area contributed by atoms with Gasteiger partial charge in [-0.1, -0.05) is 24.3 Å². The van der Waals surface area contributed by atoms with Gasteiger partial charge in [-0.2, -0.15) is 0 Å². The molecule has 1 heterocycles. The summed E-state index contributed by atoms with van der Waals surface area (Å²) in [4.78, 5) is 0. The first-order valence-electron chi connectivity index (χ1n) is 8.87. The molecule has 0 aromatic heterocycles. The highest BCUT2D eigenvalue weighted by atomic mass is 16.7. The molecule has 24 heavy (non-hydrogen) atoms. The van der Waals surface area contributed by atoms with E-state index in [1.54, 1.807) is 0 Å². The Morgan fingerprint density at radius 1 is 1.04 bits per heavy atom. The van der Waals surface area contributed by atoms with Crippen LogP contribution in [-0.4, -0.2) is 24.9 Å². The van der Waals surface area contributed by atoms with Crippen molar-refractivity contribution < 1.29 is 14.0 Å². The minimum atomic E-state index is -0.371. The number of ether oxygens (including phenoxy) is 1. The molecule has 0 unspecified atom stereocenters. The van der Waals surface area contributed by atoms with Crippen LogP contribution in [0.2, 0.25) is 0 Å². The van der Waals surface area contributed by atoms with Gasteiger partial charge in [0, 0.05) is 0 Å². The van der Waals surface area contributed by atoms with Crippen LogP contribution in [0.1, 0.15) is 40.5 Å². The maximum absolute atomic E-state index is 6.27. The van der Waals surface area contributed by atoms with Crippen molar-refractivity contribution in [1.82, 2.24) is 0 Å². The Kier molecular flexibility index (Phi) is 3.66. The van der Waals surface area contributed by atoms with Gasteiger partial charge < -0.3 is 14.0 Å². The van der Waals surface area contributed by atoms with Gasteiger partial charge in [0.2, 0.25) is 0 Å². The lowest BCUT2D eigenvalue weighted by atomic mass is 9.76. The first kappa shape index (κ1) is 16.0. The van der Waals surface area contributed by atoms with E-state index in [1.165, 1.54) is 12.8 Å². The third-order valence-electron chi connectivity index (χ3n) is 5.56. The lowest BCUT2D eigenvalue weighted by Gasteiger charge is -2.32. The Morgan fingerprint density at radius 3 is 2.38 bits per heavy atom. The van der Waals surface area contributed by atoms with Crippen LogP contribution >= 0.6 is 0 Å². The van der Waals surface area contributed by atoms with Gasteiger partial charge in [-0.15, -0.1) is 0 Å². The fourth-order valence-corrected chi connectivity index (χ4v) is 3.06. The Hall–Kier alpha value is -1.52. The fourth-order valence-electron chi connectivity index (χ4n) is 3.06. The molecule has 1 saturated heterocycles. The number of hydrogen-bond acceptors (Lipinski definition) is 3. The molecule has 0 spiro atoms. The summed E-state index contributed by atoms with van der Waals surface area (Å²) in [5.74, 6) is 1.64. The highest BCUT2D eigenvalue weighted by Gasteiger charge is 2.52. The predicted molar refractivity (Wildman–Crippen MR) is 97.9 cm³/mol. The largest absolute Gasteiger partial charge is 0.495 e. The first-order valence-corrected chi connectivity index (χ1v) is 8.87. The lowest BCUT2D eigenvalue weighted by Crippen LogP contribution is -2.41. The average Bonchev–Trinajstić information content (AvgIpc) is 3.31. The van der Waals surface area contributed by atoms with Gasteiger partial charge in [-0.3, -0.25) is 0 Å². The zero-order chi connectivity index (χ0) is 16.9. The van der Waals surface area contributed by atoms with E-state index in [-0.39, 0.29) is 18.3 Å². The van der Waals surface area contributed by atoms with Crippen LogP contribution in [0.5, 0.6) is 5.75 Å². The molecule has 0 radical (unpaired) electrons. The summed E-state index contributed by atoms with van der Waals surface area (Å²) in [6.07, 6.45) is 2.58. The van der Waals surface area contributed by atoms with E-state index in [0.29, 0.717) is 0 Å². The number of benzene rings is 2. The minimum absolute atomic E-state index is 0.344. The van der Waals surface area contributed by atoms with E-state index >= 15 is 0 Å². The van der Waals surface area contributed by atoms with Crippen molar-refractivity contribution in [3.63, 3.8) is 0 Å². The van der Waals surface area contributed by atoms with Crippen LogP contribution in [0, 0.1) is 5.92 Å². The molecule has 0 bridgehead atoms. The van der Waals surface area contributed by atoms with Crippen molar-refractivity contribution in [3.8, 4) is 5.75 Å². The molecule has 0 N–H and O–H groups in total. The van der Waals surface area contributed by atoms with Crippen LogP contribution in [0.15, 0.2) is 36.4 Å². The van der Waals surface area contributed by atoms with Crippen molar-refractivity contribution in [2.45, 2.75) is 51.7 Å². The molecular formula is C20H25BO3. The van der Waals surface area contributed by atoms with Gasteiger partial charge >= 0.3 is 7.12 Å². The summed E-state index contributed by atoms with van der Waals surface area (Å²) in [5.41, 5.74) is 0.366.